The van der Waals surface area contributed by atoms with Crippen LogP contribution in [0.25, 0.3) is 0 Å². The fourth-order valence-electron chi connectivity index (χ4n) is 1.83. The molecule has 1 N–H and O–H groups in total. The van der Waals surface area contributed by atoms with Crippen molar-refractivity contribution >= 4 is 23.2 Å². The van der Waals surface area contributed by atoms with Crippen molar-refractivity contribution in [3.05, 3.63) is 58.1 Å². The molecule has 0 saturated heterocycles. The molecular weight excluding hydrogens is 395 g/mol. The monoisotopic (exact) mass is 401 g/mol. The third-order valence-electron chi connectivity index (χ3n) is 2.97. The predicted octanol–water partition coefficient (Wildman–Crippen LogP) is 4.93. The molecule has 0 spiro atoms. The predicted molar refractivity (Wildman–Crippen MR) is 76.9 cm³/mol. The molecule has 0 aromatic heterocycles. The maximum absolute atomic E-state index is 13.4. The molecule has 1 amide bonds. The lowest BCUT2D eigenvalue weighted by Gasteiger charge is -2.12. The lowest BCUT2D eigenvalue weighted by atomic mass is 10.2. The molecule has 0 aliphatic carbocycles. The lowest BCUT2D eigenvalue weighted by Crippen LogP contribution is -2.21. The quantitative estimate of drug-likeness (QED) is 0.582. The van der Waals surface area contributed by atoms with Crippen LogP contribution in [0.2, 0.25) is 5.02 Å². The number of hydrogen-bond donors (Lipinski definition) is 1. The molecule has 0 bridgehead atoms. The summed E-state index contributed by atoms with van der Waals surface area (Å²) in [7, 11) is 0. The minimum Gasteiger partial charge on any atom is -0.477 e. The molecule has 140 valence electrons. The summed E-state index contributed by atoms with van der Waals surface area (Å²) >= 11 is 5.41. The van der Waals surface area contributed by atoms with Crippen LogP contribution in [-0.2, 0) is 11.0 Å². The summed E-state index contributed by atoms with van der Waals surface area (Å²) in [5.41, 5.74) is -1.55. The maximum Gasteiger partial charge on any atom is 0.417 e. The van der Waals surface area contributed by atoms with Crippen LogP contribution in [0.15, 0.2) is 24.3 Å². The largest absolute Gasteiger partial charge is 0.477 e. The van der Waals surface area contributed by atoms with Gasteiger partial charge in [0.05, 0.1) is 10.6 Å². The Morgan fingerprint density at radius 2 is 1.62 bits per heavy atom. The molecule has 0 unspecified atom stereocenters. The Morgan fingerprint density at radius 3 is 2.15 bits per heavy atom. The fourth-order valence-corrected chi connectivity index (χ4v) is 2.06. The molecule has 0 fully saturated rings. The summed E-state index contributed by atoms with van der Waals surface area (Å²) in [4.78, 5) is 11.6. The van der Waals surface area contributed by atoms with Crippen LogP contribution in [0.4, 0.5) is 36.4 Å². The Morgan fingerprint density at radius 1 is 1.04 bits per heavy atom. The molecule has 2 rings (SSSR count). The van der Waals surface area contributed by atoms with Crippen molar-refractivity contribution in [3.63, 3.8) is 0 Å². The van der Waals surface area contributed by atoms with Crippen molar-refractivity contribution in [1.29, 1.82) is 0 Å². The van der Waals surface area contributed by atoms with Gasteiger partial charge in [-0.15, -0.1) is 0 Å². The first-order valence-electron chi connectivity index (χ1n) is 6.63. The van der Waals surface area contributed by atoms with Crippen molar-refractivity contribution in [2.75, 3.05) is 11.9 Å². The van der Waals surface area contributed by atoms with E-state index in [1.54, 1.807) is 0 Å². The minimum atomic E-state index is -4.78. The first-order chi connectivity index (χ1) is 12.0. The van der Waals surface area contributed by atoms with E-state index < -0.39 is 58.3 Å². The fraction of sp³-hybridized carbons (Fsp3) is 0.133. The zero-order valence-electron chi connectivity index (χ0n) is 12.4. The highest BCUT2D eigenvalue weighted by atomic mass is 35.5. The molecule has 0 aliphatic heterocycles. The summed E-state index contributed by atoms with van der Waals surface area (Å²) in [6, 6.07) is 2.40. The average Bonchev–Trinajstić information content (AvgIpc) is 2.54. The van der Waals surface area contributed by atoms with Crippen molar-refractivity contribution < 1.29 is 40.3 Å². The maximum atomic E-state index is 13.4. The van der Waals surface area contributed by atoms with Crippen molar-refractivity contribution in [3.8, 4) is 5.75 Å². The molecule has 0 heterocycles. The van der Waals surface area contributed by atoms with E-state index in [-0.39, 0.29) is 11.8 Å². The van der Waals surface area contributed by atoms with Gasteiger partial charge in [0, 0.05) is 11.8 Å². The van der Waals surface area contributed by atoms with Gasteiger partial charge in [-0.3, -0.25) is 4.79 Å². The zero-order valence-corrected chi connectivity index (χ0v) is 13.1. The van der Waals surface area contributed by atoms with Gasteiger partial charge in [-0.25, -0.2) is 8.78 Å². The zero-order chi connectivity index (χ0) is 19.6. The molecule has 3 nitrogen and oxygen atoms in total. The van der Waals surface area contributed by atoms with Gasteiger partial charge in [-0.05, 0) is 18.2 Å². The number of carbonyl (C=O) groups excluding carboxylic acids is 1. The highest BCUT2D eigenvalue weighted by Crippen LogP contribution is 2.36. The third-order valence-corrected chi connectivity index (χ3v) is 3.30. The summed E-state index contributed by atoms with van der Waals surface area (Å²) in [5.74, 6) is -9.81. The lowest BCUT2D eigenvalue weighted by molar-refractivity contribution is -0.137. The number of halogens is 8. The first-order valence-corrected chi connectivity index (χ1v) is 7.01. The van der Waals surface area contributed by atoms with Crippen LogP contribution in [0.3, 0.4) is 0 Å². The molecule has 2 aromatic rings. The Balaban J connectivity index is 2.12. The van der Waals surface area contributed by atoms with Gasteiger partial charge in [0.1, 0.15) is 0 Å². The standard InChI is InChI=1S/C15H7ClF7NO2/c16-8-2-1-6(3-7(8)15(21,22)23)24-11(25)5-26-14-12(19)9(17)4-10(18)13(14)20/h1-4H,5H2,(H,24,25). The summed E-state index contributed by atoms with van der Waals surface area (Å²) in [6.07, 6.45) is -4.78. The Kier molecular flexibility index (Phi) is 5.65. The normalized spacial score (nSPS) is 11.4. The van der Waals surface area contributed by atoms with Crippen LogP contribution < -0.4 is 10.1 Å². The molecule has 0 atom stereocenters. The Bertz CT molecular complexity index is 829. The average molecular weight is 402 g/mol. The molecule has 0 saturated carbocycles. The van der Waals surface area contributed by atoms with Gasteiger partial charge in [-0.2, -0.15) is 22.0 Å². The number of carbonyl (C=O) groups is 1. The second kappa shape index (κ2) is 7.40. The molecule has 26 heavy (non-hydrogen) atoms. The topological polar surface area (TPSA) is 38.3 Å². The van der Waals surface area contributed by atoms with Crippen LogP contribution in [0.5, 0.6) is 5.75 Å². The highest BCUT2D eigenvalue weighted by molar-refractivity contribution is 6.31. The number of rotatable bonds is 4. The Labute approximate surface area is 146 Å². The van der Waals surface area contributed by atoms with E-state index in [0.717, 1.165) is 12.1 Å². The number of benzene rings is 2. The highest BCUT2D eigenvalue weighted by Gasteiger charge is 2.33. The SMILES string of the molecule is O=C(COc1c(F)c(F)cc(F)c1F)Nc1ccc(Cl)c(C(F)(F)F)c1. The smallest absolute Gasteiger partial charge is 0.417 e. The second-order valence-corrected chi connectivity index (χ2v) is 5.23. The number of nitrogens with one attached hydrogen (secondary N) is 1. The molecule has 11 heteroatoms. The Hall–Kier alpha value is -2.49. The van der Waals surface area contributed by atoms with Crippen LogP contribution in [-0.4, -0.2) is 12.5 Å². The number of anilines is 1. The van der Waals surface area contributed by atoms with Crippen molar-refractivity contribution in [1.82, 2.24) is 0 Å². The molecule has 0 aliphatic rings. The van der Waals surface area contributed by atoms with Gasteiger partial charge >= 0.3 is 6.18 Å². The van der Waals surface area contributed by atoms with Crippen LogP contribution in [0, 0.1) is 23.3 Å². The molecular formula is C15H7ClF7NO2. The number of hydrogen-bond acceptors (Lipinski definition) is 2. The number of amides is 1. The van der Waals surface area contributed by atoms with Gasteiger partial charge in [0.25, 0.3) is 5.91 Å². The summed E-state index contributed by atoms with van der Waals surface area (Å²) in [5, 5.41) is 1.36. The van der Waals surface area contributed by atoms with Crippen LogP contribution >= 0.6 is 11.6 Å². The summed E-state index contributed by atoms with van der Waals surface area (Å²) in [6.45, 7) is -1.12. The van der Waals surface area contributed by atoms with Crippen molar-refractivity contribution in [2.24, 2.45) is 0 Å². The minimum absolute atomic E-state index is 0.0516. The van der Waals surface area contributed by atoms with E-state index in [1.807, 2.05) is 5.32 Å². The van der Waals surface area contributed by atoms with E-state index in [1.165, 1.54) is 0 Å². The van der Waals surface area contributed by atoms with Crippen LogP contribution in [0.1, 0.15) is 5.56 Å². The van der Waals surface area contributed by atoms with Gasteiger partial charge < -0.3 is 10.1 Å². The first kappa shape index (κ1) is 19.8. The molecule has 2 aromatic carbocycles. The van der Waals surface area contributed by atoms with E-state index >= 15 is 0 Å². The summed E-state index contributed by atoms with van der Waals surface area (Å²) < 4.78 is 95.3. The number of ether oxygens (including phenoxy) is 1. The van der Waals surface area contributed by atoms with Gasteiger partial charge in [0.2, 0.25) is 11.6 Å². The van der Waals surface area contributed by atoms with E-state index in [2.05, 4.69) is 4.74 Å². The second-order valence-electron chi connectivity index (χ2n) is 4.83. The molecule has 0 radical (unpaired) electrons. The number of alkyl halides is 3. The third kappa shape index (κ3) is 4.37. The van der Waals surface area contributed by atoms with Gasteiger partial charge in [0.15, 0.2) is 24.0 Å². The van der Waals surface area contributed by atoms with Crippen molar-refractivity contribution in [2.45, 2.75) is 6.18 Å². The van der Waals surface area contributed by atoms with E-state index in [4.69, 9.17) is 11.6 Å². The van der Waals surface area contributed by atoms with E-state index in [9.17, 15) is 35.5 Å². The van der Waals surface area contributed by atoms with Gasteiger partial charge in [-0.1, -0.05) is 11.6 Å². The van der Waals surface area contributed by atoms with E-state index in [0.29, 0.717) is 6.07 Å².